The van der Waals surface area contributed by atoms with Crippen molar-refractivity contribution in [3.63, 3.8) is 0 Å². The molecule has 21 heavy (non-hydrogen) atoms. The van der Waals surface area contributed by atoms with Crippen molar-refractivity contribution in [1.82, 2.24) is 10.2 Å². The molecule has 1 aromatic heterocycles. The van der Waals surface area contributed by atoms with Crippen LogP contribution >= 0.6 is 23.7 Å². The molecule has 5 heteroatoms. The highest BCUT2D eigenvalue weighted by molar-refractivity contribution is 7.20. The molecule has 0 bridgehead atoms. The Morgan fingerprint density at radius 3 is 2.90 bits per heavy atom. The summed E-state index contributed by atoms with van der Waals surface area (Å²) in [6.07, 6.45) is 2.07. The Kier molecular flexibility index (Phi) is 5.62. The van der Waals surface area contributed by atoms with Crippen molar-refractivity contribution in [3.8, 4) is 0 Å². The second-order valence-electron chi connectivity index (χ2n) is 5.29. The van der Waals surface area contributed by atoms with Crippen LogP contribution in [0.2, 0.25) is 0 Å². The standard InChI is InChI=1S/C16H20N2OS.ClH/c1-2-9-18(13-7-8-17-11-13)16(19)15-10-12-5-3-4-6-14(12)20-15;/h3-6,10,13,17H,2,7-9,11H2,1H3;1H. The number of fused-ring (bicyclic) bond motifs is 1. The van der Waals surface area contributed by atoms with Gasteiger partial charge in [-0.1, -0.05) is 25.1 Å². The Bertz CT molecular complexity index is 574. The molecule has 1 aliphatic heterocycles. The molecule has 1 N–H and O–H groups in total. The van der Waals surface area contributed by atoms with Crippen molar-refractivity contribution in [2.75, 3.05) is 19.6 Å². The summed E-state index contributed by atoms with van der Waals surface area (Å²) in [6.45, 7) is 4.92. The van der Waals surface area contributed by atoms with Crippen molar-refractivity contribution >= 4 is 39.7 Å². The van der Waals surface area contributed by atoms with Crippen molar-refractivity contribution in [3.05, 3.63) is 35.2 Å². The summed E-state index contributed by atoms with van der Waals surface area (Å²) < 4.78 is 1.19. The van der Waals surface area contributed by atoms with Gasteiger partial charge in [0.25, 0.3) is 5.91 Å². The molecule has 0 saturated carbocycles. The number of hydrogen-bond donors (Lipinski definition) is 1. The van der Waals surface area contributed by atoms with E-state index in [2.05, 4.69) is 29.3 Å². The largest absolute Gasteiger partial charge is 0.334 e. The van der Waals surface area contributed by atoms with Gasteiger partial charge in [-0.05, 0) is 36.9 Å². The van der Waals surface area contributed by atoms with Crippen molar-refractivity contribution in [2.24, 2.45) is 0 Å². The zero-order chi connectivity index (χ0) is 13.9. The molecule has 2 aromatic rings. The number of thiophene rings is 1. The summed E-state index contributed by atoms with van der Waals surface area (Å²) in [5.74, 6) is 0.196. The molecule has 1 atom stereocenters. The maximum Gasteiger partial charge on any atom is 0.264 e. The third-order valence-corrected chi connectivity index (χ3v) is 4.94. The van der Waals surface area contributed by atoms with Gasteiger partial charge in [-0.2, -0.15) is 0 Å². The normalized spacial score (nSPS) is 17.7. The van der Waals surface area contributed by atoms with Crippen molar-refractivity contribution in [2.45, 2.75) is 25.8 Å². The summed E-state index contributed by atoms with van der Waals surface area (Å²) >= 11 is 1.61. The van der Waals surface area contributed by atoms with Crippen LogP contribution in [-0.4, -0.2) is 36.5 Å². The SMILES string of the molecule is CCCN(C(=O)c1cc2ccccc2s1)C1CCNC1.Cl. The van der Waals surface area contributed by atoms with Gasteiger partial charge in [0.05, 0.1) is 4.88 Å². The quantitative estimate of drug-likeness (QED) is 0.933. The van der Waals surface area contributed by atoms with Gasteiger partial charge in [0, 0.05) is 23.8 Å². The van der Waals surface area contributed by atoms with Crippen LogP contribution in [0.3, 0.4) is 0 Å². The molecule has 0 spiro atoms. The zero-order valence-corrected chi connectivity index (χ0v) is 13.8. The Labute approximate surface area is 135 Å². The Balaban J connectivity index is 0.00000161. The first-order valence-electron chi connectivity index (χ1n) is 7.30. The van der Waals surface area contributed by atoms with E-state index in [4.69, 9.17) is 0 Å². The van der Waals surface area contributed by atoms with E-state index in [1.807, 2.05) is 18.2 Å². The van der Waals surface area contributed by atoms with E-state index in [0.717, 1.165) is 37.4 Å². The molecule has 1 amide bonds. The second-order valence-corrected chi connectivity index (χ2v) is 6.38. The number of hydrogen-bond acceptors (Lipinski definition) is 3. The van der Waals surface area contributed by atoms with Crippen molar-refractivity contribution < 1.29 is 4.79 Å². The van der Waals surface area contributed by atoms with Gasteiger partial charge in [0.15, 0.2) is 0 Å². The molecule has 0 radical (unpaired) electrons. The molecule has 1 unspecified atom stereocenters. The van der Waals surface area contributed by atoms with E-state index in [9.17, 15) is 4.79 Å². The molecule has 1 aromatic carbocycles. The molecule has 114 valence electrons. The smallest absolute Gasteiger partial charge is 0.264 e. The average Bonchev–Trinajstić information content (AvgIpc) is 3.12. The molecule has 3 nitrogen and oxygen atoms in total. The van der Waals surface area contributed by atoms with Gasteiger partial charge in [0.2, 0.25) is 0 Å². The van der Waals surface area contributed by atoms with Gasteiger partial charge in [-0.15, -0.1) is 23.7 Å². The lowest BCUT2D eigenvalue weighted by atomic mass is 10.2. The fourth-order valence-corrected chi connectivity index (χ4v) is 3.84. The Morgan fingerprint density at radius 2 is 2.24 bits per heavy atom. The highest BCUT2D eigenvalue weighted by Gasteiger charge is 2.27. The number of nitrogens with one attached hydrogen (secondary N) is 1. The Hall–Kier alpha value is -1.10. The number of rotatable bonds is 4. The average molecular weight is 325 g/mol. The van der Waals surface area contributed by atoms with Crippen LogP contribution in [0.5, 0.6) is 0 Å². The van der Waals surface area contributed by atoms with Gasteiger partial charge in [-0.25, -0.2) is 0 Å². The lowest BCUT2D eigenvalue weighted by molar-refractivity contribution is 0.0697. The van der Waals surface area contributed by atoms with E-state index in [-0.39, 0.29) is 18.3 Å². The number of carbonyl (C=O) groups excluding carboxylic acids is 1. The molecule has 1 aliphatic rings. The topological polar surface area (TPSA) is 32.3 Å². The van der Waals surface area contributed by atoms with Gasteiger partial charge in [-0.3, -0.25) is 4.79 Å². The molecule has 3 rings (SSSR count). The molecular formula is C16H21ClN2OS. The van der Waals surface area contributed by atoms with Crippen LogP contribution in [-0.2, 0) is 0 Å². The molecular weight excluding hydrogens is 304 g/mol. The van der Waals surface area contributed by atoms with Crippen molar-refractivity contribution in [1.29, 1.82) is 0 Å². The van der Waals surface area contributed by atoms with Crippen LogP contribution in [0.15, 0.2) is 30.3 Å². The predicted molar refractivity (Wildman–Crippen MR) is 91.7 cm³/mol. The van der Waals surface area contributed by atoms with Crippen LogP contribution < -0.4 is 5.32 Å². The summed E-state index contributed by atoms with van der Waals surface area (Å²) in [5.41, 5.74) is 0. The highest BCUT2D eigenvalue weighted by atomic mass is 35.5. The third-order valence-electron chi connectivity index (χ3n) is 3.84. The fraction of sp³-hybridized carbons (Fsp3) is 0.438. The van der Waals surface area contributed by atoms with Gasteiger partial charge in [0.1, 0.15) is 0 Å². The number of halogens is 1. The first-order chi connectivity index (χ1) is 9.79. The highest BCUT2D eigenvalue weighted by Crippen LogP contribution is 2.27. The number of nitrogens with zero attached hydrogens (tertiary/aromatic N) is 1. The maximum atomic E-state index is 12.8. The van der Waals surface area contributed by atoms with Crippen LogP contribution in [0.1, 0.15) is 29.4 Å². The van der Waals surface area contributed by atoms with E-state index >= 15 is 0 Å². The molecule has 1 saturated heterocycles. The third kappa shape index (κ3) is 3.39. The minimum atomic E-state index is 0. The summed E-state index contributed by atoms with van der Waals surface area (Å²) in [5, 5.41) is 4.52. The van der Waals surface area contributed by atoms with Crippen LogP contribution in [0.25, 0.3) is 10.1 Å². The lowest BCUT2D eigenvalue weighted by Crippen LogP contribution is -2.41. The first-order valence-corrected chi connectivity index (χ1v) is 8.11. The number of amides is 1. The Morgan fingerprint density at radius 1 is 1.43 bits per heavy atom. The fourth-order valence-electron chi connectivity index (χ4n) is 2.83. The zero-order valence-electron chi connectivity index (χ0n) is 12.2. The maximum absolute atomic E-state index is 12.8. The monoisotopic (exact) mass is 324 g/mol. The minimum absolute atomic E-state index is 0. The van der Waals surface area contributed by atoms with Gasteiger partial charge >= 0.3 is 0 Å². The van der Waals surface area contributed by atoms with E-state index in [1.165, 1.54) is 10.1 Å². The predicted octanol–water partition coefficient (Wildman–Crippen LogP) is 3.54. The molecule has 0 aliphatic carbocycles. The molecule has 2 heterocycles. The van der Waals surface area contributed by atoms with E-state index < -0.39 is 0 Å². The number of benzene rings is 1. The lowest BCUT2D eigenvalue weighted by Gasteiger charge is -2.27. The van der Waals surface area contributed by atoms with Crippen LogP contribution in [0.4, 0.5) is 0 Å². The van der Waals surface area contributed by atoms with Crippen LogP contribution in [0, 0.1) is 0 Å². The second kappa shape index (κ2) is 7.25. The first kappa shape index (κ1) is 16.3. The van der Waals surface area contributed by atoms with E-state index in [0.29, 0.717) is 6.04 Å². The summed E-state index contributed by atoms with van der Waals surface area (Å²) in [7, 11) is 0. The minimum Gasteiger partial charge on any atom is -0.334 e. The summed E-state index contributed by atoms with van der Waals surface area (Å²) in [4.78, 5) is 15.7. The number of carbonyl (C=O) groups is 1. The molecule has 1 fully saturated rings. The summed E-state index contributed by atoms with van der Waals surface area (Å²) in [6, 6.07) is 10.6. The van der Waals surface area contributed by atoms with E-state index in [1.54, 1.807) is 11.3 Å². The van der Waals surface area contributed by atoms with Gasteiger partial charge < -0.3 is 10.2 Å².